The van der Waals surface area contributed by atoms with Crippen molar-refractivity contribution in [3.05, 3.63) is 40.9 Å². The highest BCUT2D eigenvalue weighted by molar-refractivity contribution is 9.10. The third-order valence-corrected chi connectivity index (χ3v) is 4.27. The maximum atomic E-state index is 5.89. The SMILES string of the molecule is Cc1cc(OCC2CCN(c3ncc(Br)cn3)CC2)ccn1. The van der Waals surface area contributed by atoms with E-state index in [9.17, 15) is 0 Å². The molecule has 0 bridgehead atoms. The zero-order valence-electron chi connectivity index (χ0n) is 12.6. The molecule has 0 spiro atoms. The summed E-state index contributed by atoms with van der Waals surface area (Å²) in [5, 5.41) is 0. The minimum absolute atomic E-state index is 0.583. The highest BCUT2D eigenvalue weighted by atomic mass is 79.9. The van der Waals surface area contributed by atoms with E-state index >= 15 is 0 Å². The van der Waals surface area contributed by atoms with Gasteiger partial charge in [0.05, 0.1) is 11.1 Å². The summed E-state index contributed by atoms with van der Waals surface area (Å²) < 4.78 is 6.80. The molecule has 2 aromatic heterocycles. The van der Waals surface area contributed by atoms with Crippen molar-refractivity contribution < 1.29 is 4.74 Å². The predicted octanol–water partition coefficient (Wildman–Crippen LogP) is 3.24. The number of hydrogen-bond acceptors (Lipinski definition) is 5. The summed E-state index contributed by atoms with van der Waals surface area (Å²) in [6, 6.07) is 3.89. The summed E-state index contributed by atoms with van der Waals surface area (Å²) in [6.45, 7) is 4.69. The van der Waals surface area contributed by atoms with E-state index in [1.807, 2.05) is 19.1 Å². The molecule has 116 valence electrons. The van der Waals surface area contributed by atoms with Crippen LogP contribution in [0.15, 0.2) is 35.2 Å². The Kier molecular flexibility index (Phi) is 4.87. The molecule has 0 amide bonds. The maximum Gasteiger partial charge on any atom is 0.225 e. The summed E-state index contributed by atoms with van der Waals surface area (Å²) in [6.07, 6.45) is 7.58. The molecule has 0 N–H and O–H groups in total. The van der Waals surface area contributed by atoms with Crippen LogP contribution >= 0.6 is 15.9 Å². The molecule has 0 aromatic carbocycles. The lowest BCUT2D eigenvalue weighted by atomic mass is 9.98. The van der Waals surface area contributed by atoms with Gasteiger partial charge in [-0.2, -0.15) is 0 Å². The van der Waals surface area contributed by atoms with Crippen LogP contribution in [0.2, 0.25) is 0 Å². The third-order valence-electron chi connectivity index (χ3n) is 3.86. The van der Waals surface area contributed by atoms with Crippen molar-refractivity contribution in [1.82, 2.24) is 15.0 Å². The summed E-state index contributed by atoms with van der Waals surface area (Å²) >= 11 is 3.36. The molecule has 1 aliphatic rings. The molecule has 1 fully saturated rings. The van der Waals surface area contributed by atoms with Gasteiger partial charge in [-0.3, -0.25) is 4.98 Å². The number of pyridine rings is 1. The van der Waals surface area contributed by atoms with Gasteiger partial charge in [-0.05, 0) is 47.7 Å². The quantitative estimate of drug-likeness (QED) is 0.835. The Labute approximate surface area is 138 Å². The second-order valence-electron chi connectivity index (χ2n) is 5.58. The van der Waals surface area contributed by atoms with Crippen LogP contribution in [0.5, 0.6) is 5.75 Å². The van der Waals surface area contributed by atoms with E-state index in [1.54, 1.807) is 18.6 Å². The van der Waals surface area contributed by atoms with E-state index in [1.165, 1.54) is 0 Å². The van der Waals surface area contributed by atoms with Crippen molar-refractivity contribution in [3.8, 4) is 5.75 Å². The number of halogens is 1. The molecule has 5 nitrogen and oxygen atoms in total. The van der Waals surface area contributed by atoms with E-state index < -0.39 is 0 Å². The Bertz CT molecular complexity index is 612. The zero-order valence-corrected chi connectivity index (χ0v) is 14.2. The monoisotopic (exact) mass is 362 g/mol. The Morgan fingerprint density at radius 1 is 1.23 bits per heavy atom. The van der Waals surface area contributed by atoms with Gasteiger partial charge in [0, 0.05) is 43.4 Å². The Balaban J connectivity index is 1.48. The van der Waals surface area contributed by atoms with Crippen LogP contribution in [0.3, 0.4) is 0 Å². The van der Waals surface area contributed by atoms with Gasteiger partial charge in [-0.15, -0.1) is 0 Å². The van der Waals surface area contributed by atoms with Crippen LogP contribution in [0, 0.1) is 12.8 Å². The highest BCUT2D eigenvalue weighted by Crippen LogP contribution is 2.22. The number of piperidine rings is 1. The Hall–Kier alpha value is -1.69. The molecule has 0 atom stereocenters. The Morgan fingerprint density at radius 3 is 2.64 bits per heavy atom. The van der Waals surface area contributed by atoms with E-state index in [4.69, 9.17) is 4.74 Å². The van der Waals surface area contributed by atoms with Crippen molar-refractivity contribution >= 4 is 21.9 Å². The summed E-state index contributed by atoms with van der Waals surface area (Å²) in [5.41, 5.74) is 0.986. The number of rotatable bonds is 4. The zero-order chi connectivity index (χ0) is 15.4. The van der Waals surface area contributed by atoms with Gasteiger partial charge in [-0.1, -0.05) is 0 Å². The molecular weight excluding hydrogens is 344 g/mol. The molecule has 6 heteroatoms. The van der Waals surface area contributed by atoms with Gasteiger partial charge >= 0.3 is 0 Å². The lowest BCUT2D eigenvalue weighted by molar-refractivity contribution is 0.222. The van der Waals surface area contributed by atoms with Gasteiger partial charge in [0.25, 0.3) is 0 Å². The van der Waals surface area contributed by atoms with Crippen molar-refractivity contribution in [3.63, 3.8) is 0 Å². The van der Waals surface area contributed by atoms with Gasteiger partial charge in [0.1, 0.15) is 5.75 Å². The van der Waals surface area contributed by atoms with Crippen molar-refractivity contribution in [2.75, 3.05) is 24.6 Å². The lowest BCUT2D eigenvalue weighted by Gasteiger charge is -2.31. The van der Waals surface area contributed by atoms with E-state index in [0.29, 0.717) is 5.92 Å². The molecule has 0 radical (unpaired) electrons. The number of ether oxygens (including phenoxy) is 1. The molecule has 22 heavy (non-hydrogen) atoms. The van der Waals surface area contributed by atoms with E-state index in [-0.39, 0.29) is 0 Å². The van der Waals surface area contributed by atoms with Crippen molar-refractivity contribution in [2.24, 2.45) is 5.92 Å². The number of anilines is 1. The van der Waals surface area contributed by atoms with Crippen LogP contribution < -0.4 is 9.64 Å². The van der Waals surface area contributed by atoms with Crippen molar-refractivity contribution in [1.29, 1.82) is 0 Å². The first-order chi connectivity index (χ1) is 10.7. The van der Waals surface area contributed by atoms with Crippen LogP contribution in [0.1, 0.15) is 18.5 Å². The second-order valence-corrected chi connectivity index (χ2v) is 6.49. The molecule has 2 aromatic rings. The fourth-order valence-electron chi connectivity index (χ4n) is 2.59. The average Bonchev–Trinajstić information content (AvgIpc) is 2.54. The minimum Gasteiger partial charge on any atom is -0.493 e. The summed E-state index contributed by atoms with van der Waals surface area (Å²) in [5.74, 6) is 2.30. The molecule has 0 unspecified atom stereocenters. The topological polar surface area (TPSA) is 51.1 Å². The number of hydrogen-bond donors (Lipinski definition) is 0. The number of aromatic nitrogens is 3. The maximum absolute atomic E-state index is 5.89. The molecule has 0 saturated carbocycles. The smallest absolute Gasteiger partial charge is 0.225 e. The minimum atomic E-state index is 0.583. The van der Waals surface area contributed by atoms with E-state index in [2.05, 4.69) is 35.8 Å². The number of aryl methyl sites for hydroxylation is 1. The first-order valence-electron chi connectivity index (χ1n) is 7.48. The van der Waals surface area contributed by atoms with Crippen LogP contribution in [0.4, 0.5) is 5.95 Å². The first-order valence-corrected chi connectivity index (χ1v) is 8.28. The summed E-state index contributed by atoms with van der Waals surface area (Å²) in [7, 11) is 0. The van der Waals surface area contributed by atoms with Gasteiger partial charge < -0.3 is 9.64 Å². The van der Waals surface area contributed by atoms with Crippen LogP contribution in [-0.2, 0) is 0 Å². The van der Waals surface area contributed by atoms with Crippen molar-refractivity contribution in [2.45, 2.75) is 19.8 Å². The molecule has 3 rings (SSSR count). The first kappa shape index (κ1) is 15.2. The molecule has 1 aliphatic heterocycles. The normalized spacial score (nSPS) is 15.8. The molecular formula is C16H19BrN4O. The standard InChI is InChI=1S/C16H19BrN4O/c1-12-8-15(2-5-18-12)22-11-13-3-6-21(7-4-13)16-19-9-14(17)10-20-16/h2,5,8-10,13H,3-4,6-7,11H2,1H3. The fraction of sp³-hybridized carbons (Fsp3) is 0.438. The largest absolute Gasteiger partial charge is 0.493 e. The van der Waals surface area contributed by atoms with E-state index in [0.717, 1.165) is 54.4 Å². The van der Waals surface area contributed by atoms with Crippen LogP contribution in [0.25, 0.3) is 0 Å². The molecule has 3 heterocycles. The highest BCUT2D eigenvalue weighted by Gasteiger charge is 2.21. The van der Waals surface area contributed by atoms with Gasteiger partial charge in [-0.25, -0.2) is 9.97 Å². The van der Waals surface area contributed by atoms with Gasteiger partial charge in [0.2, 0.25) is 5.95 Å². The second kappa shape index (κ2) is 7.05. The van der Waals surface area contributed by atoms with Crippen LogP contribution in [-0.4, -0.2) is 34.6 Å². The molecule has 0 aliphatic carbocycles. The summed E-state index contributed by atoms with van der Waals surface area (Å²) in [4.78, 5) is 15.1. The van der Waals surface area contributed by atoms with Gasteiger partial charge in [0.15, 0.2) is 0 Å². The third kappa shape index (κ3) is 3.94. The number of nitrogens with zero attached hydrogens (tertiary/aromatic N) is 4. The lowest BCUT2D eigenvalue weighted by Crippen LogP contribution is -2.36. The molecule has 1 saturated heterocycles. The average molecular weight is 363 g/mol. The predicted molar refractivity (Wildman–Crippen MR) is 89.1 cm³/mol. The fourth-order valence-corrected chi connectivity index (χ4v) is 2.80. The Morgan fingerprint density at radius 2 is 1.95 bits per heavy atom.